The Labute approximate surface area is 300 Å². The number of aromatic nitrogens is 1. The molecule has 0 N–H and O–H groups in total. The van der Waals surface area contributed by atoms with Crippen LogP contribution in [0.5, 0.6) is 0 Å². The molecule has 0 saturated carbocycles. The van der Waals surface area contributed by atoms with Crippen molar-refractivity contribution in [3.05, 3.63) is 194 Å². The smallest absolute Gasteiger partial charge is 0.0547 e. The van der Waals surface area contributed by atoms with E-state index in [1.54, 1.807) is 0 Å². The van der Waals surface area contributed by atoms with Gasteiger partial charge >= 0.3 is 0 Å². The van der Waals surface area contributed by atoms with Crippen LogP contribution in [0.2, 0.25) is 0 Å². The molecule has 0 fully saturated rings. The van der Waals surface area contributed by atoms with Crippen LogP contribution in [-0.4, -0.2) is 4.57 Å². The third kappa shape index (κ3) is 5.01. The SMILES string of the molecule is c1ccc(-c2ccc(N(c3ccccc3)c3ccc4sc5ccccc5c4c3)c(-c3ccc4c5ccccc5n(-c5ccccc5)c4c3)c2)cc1. The van der Waals surface area contributed by atoms with Gasteiger partial charge in [-0.1, -0.05) is 121 Å². The van der Waals surface area contributed by atoms with Gasteiger partial charge in [0.2, 0.25) is 0 Å². The lowest BCUT2D eigenvalue weighted by molar-refractivity contribution is 1.18. The molecule has 240 valence electrons. The molecular formula is C48H32N2S. The maximum atomic E-state index is 2.42. The van der Waals surface area contributed by atoms with Crippen LogP contribution in [0.4, 0.5) is 17.1 Å². The summed E-state index contributed by atoms with van der Waals surface area (Å²) in [6.45, 7) is 0. The summed E-state index contributed by atoms with van der Waals surface area (Å²) >= 11 is 1.85. The molecule has 2 aromatic heterocycles. The van der Waals surface area contributed by atoms with Gasteiger partial charge in [-0.3, -0.25) is 0 Å². The number of nitrogens with zero attached hydrogens (tertiary/aromatic N) is 2. The fourth-order valence-electron chi connectivity index (χ4n) is 7.62. The summed E-state index contributed by atoms with van der Waals surface area (Å²) in [4.78, 5) is 2.42. The fourth-order valence-corrected chi connectivity index (χ4v) is 8.71. The molecule has 8 aromatic carbocycles. The molecule has 10 rings (SSSR count). The van der Waals surface area contributed by atoms with Crippen molar-refractivity contribution in [1.82, 2.24) is 4.57 Å². The van der Waals surface area contributed by atoms with E-state index >= 15 is 0 Å². The average molecular weight is 669 g/mol. The minimum absolute atomic E-state index is 1.12. The zero-order valence-electron chi connectivity index (χ0n) is 27.8. The molecule has 0 aliphatic carbocycles. The number of thiophene rings is 1. The van der Waals surface area contributed by atoms with Crippen LogP contribution in [-0.2, 0) is 0 Å². The summed E-state index contributed by atoms with van der Waals surface area (Å²) in [5.74, 6) is 0. The Hall–Kier alpha value is -6.42. The summed E-state index contributed by atoms with van der Waals surface area (Å²) in [6, 6.07) is 70.5. The van der Waals surface area contributed by atoms with E-state index in [4.69, 9.17) is 0 Å². The maximum absolute atomic E-state index is 2.42. The van der Waals surface area contributed by atoms with Gasteiger partial charge in [-0.25, -0.2) is 0 Å². The molecule has 2 nitrogen and oxygen atoms in total. The van der Waals surface area contributed by atoms with Crippen molar-refractivity contribution in [1.29, 1.82) is 0 Å². The lowest BCUT2D eigenvalue weighted by Gasteiger charge is -2.28. The molecule has 10 aromatic rings. The lowest BCUT2D eigenvalue weighted by atomic mass is 9.95. The Balaban J connectivity index is 1.25. The molecular weight excluding hydrogens is 637 g/mol. The third-order valence-electron chi connectivity index (χ3n) is 9.98. The molecule has 0 bridgehead atoms. The van der Waals surface area contributed by atoms with Crippen molar-refractivity contribution in [2.45, 2.75) is 0 Å². The third-order valence-corrected chi connectivity index (χ3v) is 11.1. The van der Waals surface area contributed by atoms with Crippen LogP contribution in [0.3, 0.4) is 0 Å². The average Bonchev–Trinajstić information content (AvgIpc) is 3.74. The highest BCUT2D eigenvalue weighted by molar-refractivity contribution is 7.25. The van der Waals surface area contributed by atoms with E-state index < -0.39 is 0 Å². The largest absolute Gasteiger partial charge is 0.310 e. The van der Waals surface area contributed by atoms with E-state index in [-0.39, 0.29) is 0 Å². The standard InChI is InChI=1S/C48H32N2S/c1-4-14-33(15-5-1)34-25-28-45(49(36-16-6-2-7-17-36)38-26-29-48-43(32-38)41-21-11-13-23-47(41)51-48)42(30-34)35-24-27-40-39-20-10-12-22-44(39)50(46(40)31-35)37-18-8-3-9-19-37/h1-32H. The molecule has 3 heteroatoms. The minimum atomic E-state index is 1.12. The van der Waals surface area contributed by atoms with E-state index in [9.17, 15) is 0 Å². The van der Waals surface area contributed by atoms with Gasteiger partial charge < -0.3 is 9.47 Å². The number of benzene rings is 8. The highest BCUT2D eigenvalue weighted by Crippen LogP contribution is 2.46. The monoisotopic (exact) mass is 668 g/mol. The summed E-state index contributed by atoms with van der Waals surface area (Å²) < 4.78 is 5.01. The fraction of sp³-hybridized carbons (Fsp3) is 0. The topological polar surface area (TPSA) is 8.17 Å². The lowest BCUT2D eigenvalue weighted by Crippen LogP contribution is -2.11. The van der Waals surface area contributed by atoms with Gasteiger partial charge in [0.05, 0.1) is 16.7 Å². The van der Waals surface area contributed by atoms with E-state index in [0.29, 0.717) is 0 Å². The van der Waals surface area contributed by atoms with Crippen LogP contribution in [0, 0.1) is 0 Å². The molecule has 51 heavy (non-hydrogen) atoms. The van der Waals surface area contributed by atoms with Crippen LogP contribution >= 0.6 is 11.3 Å². The predicted molar refractivity (Wildman–Crippen MR) is 219 cm³/mol. The Morgan fingerprint density at radius 3 is 1.84 bits per heavy atom. The first kappa shape index (κ1) is 29.5. The Kier molecular flexibility index (Phi) is 7.04. The number of hydrogen-bond donors (Lipinski definition) is 0. The predicted octanol–water partition coefficient (Wildman–Crippen LogP) is 14.0. The van der Waals surface area contributed by atoms with E-state index in [1.165, 1.54) is 64.2 Å². The van der Waals surface area contributed by atoms with Crippen LogP contribution in [0.1, 0.15) is 0 Å². The Morgan fingerprint density at radius 2 is 1.02 bits per heavy atom. The number of para-hydroxylation sites is 3. The van der Waals surface area contributed by atoms with E-state index in [1.807, 2.05) is 11.3 Å². The van der Waals surface area contributed by atoms with E-state index in [0.717, 1.165) is 22.7 Å². The maximum Gasteiger partial charge on any atom is 0.0547 e. The van der Waals surface area contributed by atoms with Crippen LogP contribution in [0.15, 0.2) is 194 Å². The van der Waals surface area contributed by atoms with Crippen LogP contribution in [0.25, 0.3) is 69.9 Å². The number of anilines is 3. The molecule has 0 amide bonds. The van der Waals surface area contributed by atoms with Gasteiger partial charge in [-0.05, 0) is 89.5 Å². The first-order valence-corrected chi connectivity index (χ1v) is 18.2. The van der Waals surface area contributed by atoms with Gasteiger partial charge in [0.15, 0.2) is 0 Å². The summed E-state index contributed by atoms with van der Waals surface area (Å²) in [6.07, 6.45) is 0. The van der Waals surface area contributed by atoms with Crippen molar-refractivity contribution < 1.29 is 0 Å². The highest BCUT2D eigenvalue weighted by atomic mass is 32.1. The molecule has 2 heterocycles. The van der Waals surface area contributed by atoms with Crippen molar-refractivity contribution in [2.24, 2.45) is 0 Å². The van der Waals surface area contributed by atoms with Crippen LogP contribution < -0.4 is 4.90 Å². The molecule has 0 spiro atoms. The number of fused-ring (bicyclic) bond motifs is 6. The normalized spacial score (nSPS) is 11.5. The zero-order valence-corrected chi connectivity index (χ0v) is 28.6. The summed E-state index contributed by atoms with van der Waals surface area (Å²) in [5.41, 5.74) is 11.6. The molecule has 0 aliphatic heterocycles. The van der Waals surface area contributed by atoms with Gasteiger partial charge in [-0.15, -0.1) is 11.3 Å². The minimum Gasteiger partial charge on any atom is -0.310 e. The molecule has 0 saturated heterocycles. The zero-order chi connectivity index (χ0) is 33.7. The first-order valence-electron chi connectivity index (χ1n) is 17.4. The Morgan fingerprint density at radius 1 is 0.373 bits per heavy atom. The first-order chi connectivity index (χ1) is 25.3. The second-order valence-electron chi connectivity index (χ2n) is 13.0. The van der Waals surface area contributed by atoms with Gasteiger partial charge in [0.25, 0.3) is 0 Å². The van der Waals surface area contributed by atoms with Gasteiger partial charge in [-0.2, -0.15) is 0 Å². The molecule has 0 unspecified atom stereocenters. The second-order valence-corrected chi connectivity index (χ2v) is 14.1. The number of hydrogen-bond acceptors (Lipinski definition) is 2. The van der Waals surface area contributed by atoms with Crippen molar-refractivity contribution in [2.75, 3.05) is 4.90 Å². The summed E-state index contributed by atoms with van der Waals surface area (Å²) in [7, 11) is 0. The second kappa shape index (κ2) is 12.2. The summed E-state index contributed by atoms with van der Waals surface area (Å²) in [5, 5.41) is 5.08. The Bertz CT molecular complexity index is 2850. The molecule has 0 radical (unpaired) electrons. The van der Waals surface area contributed by atoms with E-state index in [2.05, 4.69) is 204 Å². The molecule has 0 atom stereocenters. The van der Waals surface area contributed by atoms with Crippen molar-refractivity contribution >= 4 is 70.4 Å². The van der Waals surface area contributed by atoms with Gasteiger partial charge in [0.1, 0.15) is 0 Å². The highest BCUT2D eigenvalue weighted by Gasteiger charge is 2.21. The van der Waals surface area contributed by atoms with Crippen molar-refractivity contribution in [3.8, 4) is 27.9 Å². The van der Waals surface area contributed by atoms with Crippen molar-refractivity contribution in [3.63, 3.8) is 0 Å². The molecule has 0 aliphatic rings. The quantitative estimate of drug-likeness (QED) is 0.171. The van der Waals surface area contributed by atoms with Gasteiger partial charge in [0, 0.05) is 53.6 Å². The number of rotatable bonds is 6.